The summed E-state index contributed by atoms with van der Waals surface area (Å²) in [6.07, 6.45) is 2.02. The van der Waals surface area contributed by atoms with Crippen LogP contribution >= 0.6 is 0 Å². The number of rotatable bonds is 1. The molecule has 70 valence electrons. The average molecular weight is 189 g/mol. The van der Waals surface area contributed by atoms with E-state index in [1.54, 1.807) is 24.4 Å². The number of carbonyl (C=O) groups is 1. The summed E-state index contributed by atoms with van der Waals surface area (Å²) in [5.74, 6) is 0. The van der Waals surface area contributed by atoms with Crippen LogP contribution in [0.2, 0.25) is 0 Å². The summed E-state index contributed by atoms with van der Waals surface area (Å²) in [6, 6.07) is 5.10. The Morgan fingerprint density at radius 3 is 2.93 bits per heavy atom. The van der Waals surface area contributed by atoms with E-state index < -0.39 is 6.09 Å². The highest BCUT2D eigenvalue weighted by Crippen LogP contribution is 2.17. The van der Waals surface area contributed by atoms with Crippen molar-refractivity contribution in [2.75, 3.05) is 5.32 Å². The molecule has 0 unspecified atom stereocenters. The smallest absolute Gasteiger partial charge is 0.409 e. The van der Waals surface area contributed by atoms with E-state index in [9.17, 15) is 4.79 Å². The van der Waals surface area contributed by atoms with Crippen molar-refractivity contribution in [1.82, 2.24) is 9.97 Å². The van der Waals surface area contributed by atoms with Crippen LogP contribution in [0.25, 0.3) is 11.0 Å². The molecule has 0 bridgehead atoms. The zero-order valence-electron chi connectivity index (χ0n) is 7.14. The molecule has 0 saturated carbocycles. The Labute approximate surface area is 79.4 Å². The Morgan fingerprint density at radius 1 is 1.29 bits per heavy atom. The molecule has 2 aromatic rings. The molecule has 5 nitrogen and oxygen atoms in total. The Morgan fingerprint density at radius 2 is 2.14 bits per heavy atom. The van der Waals surface area contributed by atoms with Crippen LogP contribution in [-0.4, -0.2) is 21.2 Å². The van der Waals surface area contributed by atoms with Gasteiger partial charge in [-0.15, -0.1) is 0 Å². The Balaban J connectivity index is 2.59. The van der Waals surface area contributed by atoms with Crippen LogP contribution in [0.4, 0.5) is 10.5 Å². The van der Waals surface area contributed by atoms with Gasteiger partial charge in [0.2, 0.25) is 0 Å². The second-order valence-corrected chi connectivity index (χ2v) is 2.66. The molecule has 0 atom stereocenters. The molecule has 0 aliphatic heterocycles. The zero-order valence-corrected chi connectivity index (χ0v) is 7.14. The molecular formula is C9H7N3O2. The van der Waals surface area contributed by atoms with Gasteiger partial charge in [0, 0.05) is 12.4 Å². The minimum absolute atomic E-state index is 0.447. The van der Waals surface area contributed by atoms with E-state index in [0.717, 1.165) is 0 Å². The fourth-order valence-electron chi connectivity index (χ4n) is 1.20. The Hall–Kier alpha value is -2.17. The van der Waals surface area contributed by atoms with Crippen molar-refractivity contribution in [2.45, 2.75) is 0 Å². The second kappa shape index (κ2) is 3.29. The SMILES string of the molecule is O=C(O)Nc1ccnc2cccnc12. The maximum atomic E-state index is 10.5. The normalized spacial score (nSPS) is 10.0. The first-order valence-electron chi connectivity index (χ1n) is 3.97. The number of nitrogens with zero attached hydrogens (tertiary/aromatic N) is 2. The topological polar surface area (TPSA) is 75.1 Å². The first-order valence-corrected chi connectivity index (χ1v) is 3.97. The second-order valence-electron chi connectivity index (χ2n) is 2.66. The van der Waals surface area contributed by atoms with Crippen molar-refractivity contribution in [2.24, 2.45) is 0 Å². The van der Waals surface area contributed by atoms with Crippen molar-refractivity contribution in [3.63, 3.8) is 0 Å². The molecule has 2 N–H and O–H groups in total. The number of pyridine rings is 2. The third-order valence-electron chi connectivity index (χ3n) is 1.74. The predicted molar refractivity (Wildman–Crippen MR) is 51.2 cm³/mol. The molecule has 2 rings (SSSR count). The number of amides is 1. The van der Waals surface area contributed by atoms with Crippen LogP contribution in [0, 0.1) is 0 Å². The van der Waals surface area contributed by atoms with Crippen molar-refractivity contribution in [3.05, 3.63) is 30.6 Å². The largest absolute Gasteiger partial charge is 0.465 e. The summed E-state index contributed by atoms with van der Waals surface area (Å²) in [7, 11) is 0. The molecule has 0 fully saturated rings. The predicted octanol–water partition coefficient (Wildman–Crippen LogP) is 1.72. The first-order chi connectivity index (χ1) is 6.77. The van der Waals surface area contributed by atoms with Gasteiger partial charge in [-0.2, -0.15) is 0 Å². The third kappa shape index (κ3) is 1.47. The van der Waals surface area contributed by atoms with E-state index in [0.29, 0.717) is 16.7 Å². The monoisotopic (exact) mass is 189 g/mol. The van der Waals surface area contributed by atoms with Crippen LogP contribution < -0.4 is 5.32 Å². The first kappa shape index (κ1) is 8.43. The molecule has 14 heavy (non-hydrogen) atoms. The third-order valence-corrected chi connectivity index (χ3v) is 1.74. The number of aromatic nitrogens is 2. The molecule has 1 amide bonds. The van der Waals surface area contributed by atoms with Gasteiger partial charge < -0.3 is 5.11 Å². The van der Waals surface area contributed by atoms with E-state index in [4.69, 9.17) is 5.11 Å². The zero-order chi connectivity index (χ0) is 9.97. The van der Waals surface area contributed by atoms with Crippen molar-refractivity contribution >= 4 is 22.8 Å². The molecule has 0 aliphatic carbocycles. The fourth-order valence-corrected chi connectivity index (χ4v) is 1.20. The van der Waals surface area contributed by atoms with Crippen LogP contribution in [0.3, 0.4) is 0 Å². The summed E-state index contributed by atoms with van der Waals surface area (Å²) >= 11 is 0. The summed E-state index contributed by atoms with van der Waals surface area (Å²) in [5.41, 5.74) is 1.67. The lowest BCUT2D eigenvalue weighted by atomic mass is 10.3. The van der Waals surface area contributed by atoms with Gasteiger partial charge in [0.25, 0.3) is 0 Å². The molecule has 0 aromatic carbocycles. The molecule has 5 heteroatoms. The van der Waals surface area contributed by atoms with Crippen LogP contribution in [0.15, 0.2) is 30.6 Å². The van der Waals surface area contributed by atoms with E-state index in [-0.39, 0.29) is 0 Å². The number of nitrogens with one attached hydrogen (secondary N) is 1. The summed E-state index contributed by atoms with van der Waals surface area (Å²) < 4.78 is 0. The van der Waals surface area contributed by atoms with E-state index in [2.05, 4.69) is 15.3 Å². The van der Waals surface area contributed by atoms with Gasteiger partial charge >= 0.3 is 6.09 Å². The molecule has 2 aromatic heterocycles. The number of hydrogen-bond acceptors (Lipinski definition) is 3. The number of carboxylic acid groups (broad SMARTS) is 1. The summed E-state index contributed by atoms with van der Waals surface area (Å²) in [6.45, 7) is 0. The van der Waals surface area contributed by atoms with Crippen LogP contribution in [-0.2, 0) is 0 Å². The maximum Gasteiger partial charge on any atom is 0.409 e. The molecule has 2 heterocycles. The standard InChI is InChI=1S/C9H7N3O2/c13-9(14)12-7-3-5-10-6-2-1-4-11-8(6)7/h1-5H,(H,10,12)(H,13,14). The fraction of sp³-hybridized carbons (Fsp3) is 0. The van der Waals surface area contributed by atoms with E-state index in [1.807, 2.05) is 0 Å². The highest BCUT2D eigenvalue weighted by Gasteiger charge is 2.04. The number of fused-ring (bicyclic) bond motifs is 1. The van der Waals surface area contributed by atoms with Gasteiger partial charge in [-0.05, 0) is 18.2 Å². The van der Waals surface area contributed by atoms with Gasteiger partial charge in [-0.3, -0.25) is 15.3 Å². The van der Waals surface area contributed by atoms with Crippen LogP contribution in [0.5, 0.6) is 0 Å². The van der Waals surface area contributed by atoms with Gasteiger partial charge in [-0.1, -0.05) is 0 Å². The Bertz CT molecular complexity index is 479. The average Bonchev–Trinajstić information content (AvgIpc) is 2.18. The molecule has 0 spiro atoms. The van der Waals surface area contributed by atoms with Crippen molar-refractivity contribution in [1.29, 1.82) is 0 Å². The van der Waals surface area contributed by atoms with Crippen molar-refractivity contribution in [3.8, 4) is 0 Å². The quantitative estimate of drug-likeness (QED) is 0.716. The van der Waals surface area contributed by atoms with Gasteiger partial charge in [0.1, 0.15) is 5.52 Å². The highest BCUT2D eigenvalue weighted by atomic mass is 16.4. The number of hydrogen-bond donors (Lipinski definition) is 2. The molecule has 0 saturated heterocycles. The van der Waals surface area contributed by atoms with E-state index in [1.165, 1.54) is 6.20 Å². The molecule has 0 radical (unpaired) electrons. The lowest BCUT2D eigenvalue weighted by Crippen LogP contribution is -2.08. The van der Waals surface area contributed by atoms with Crippen molar-refractivity contribution < 1.29 is 9.90 Å². The number of anilines is 1. The lowest BCUT2D eigenvalue weighted by Gasteiger charge is -2.03. The molecule has 0 aliphatic rings. The minimum atomic E-state index is -1.11. The van der Waals surface area contributed by atoms with Crippen LogP contribution in [0.1, 0.15) is 0 Å². The minimum Gasteiger partial charge on any atom is -0.465 e. The summed E-state index contributed by atoms with van der Waals surface area (Å²) in [5, 5.41) is 10.8. The Kier molecular flexibility index (Phi) is 1.98. The summed E-state index contributed by atoms with van der Waals surface area (Å²) in [4.78, 5) is 18.6. The molecular weight excluding hydrogens is 182 g/mol. The van der Waals surface area contributed by atoms with Gasteiger partial charge in [-0.25, -0.2) is 4.79 Å². The maximum absolute atomic E-state index is 10.5. The lowest BCUT2D eigenvalue weighted by molar-refractivity contribution is 0.210. The van der Waals surface area contributed by atoms with Gasteiger partial charge in [0.15, 0.2) is 0 Å². The van der Waals surface area contributed by atoms with Gasteiger partial charge in [0.05, 0.1) is 11.2 Å². The van der Waals surface area contributed by atoms with E-state index >= 15 is 0 Å². The highest BCUT2D eigenvalue weighted by molar-refractivity contribution is 5.95.